The van der Waals surface area contributed by atoms with Crippen molar-refractivity contribution in [1.82, 2.24) is 10.2 Å². The van der Waals surface area contributed by atoms with Crippen molar-refractivity contribution in [3.63, 3.8) is 0 Å². The van der Waals surface area contributed by atoms with Crippen LogP contribution >= 0.6 is 12.2 Å². The van der Waals surface area contributed by atoms with Gasteiger partial charge in [-0.05, 0) is 55.6 Å². The van der Waals surface area contributed by atoms with E-state index in [-0.39, 0.29) is 17.2 Å². The summed E-state index contributed by atoms with van der Waals surface area (Å²) in [5, 5.41) is 5.49. The van der Waals surface area contributed by atoms with Crippen molar-refractivity contribution in [3.8, 4) is 0 Å². The lowest BCUT2D eigenvalue weighted by Gasteiger charge is -2.34. The molecule has 0 fully saturated rings. The third-order valence-corrected chi connectivity index (χ3v) is 5.52. The van der Waals surface area contributed by atoms with Crippen LogP contribution in [0, 0.1) is 0 Å². The summed E-state index contributed by atoms with van der Waals surface area (Å²) in [5.41, 5.74) is -1.49. The van der Waals surface area contributed by atoms with Crippen molar-refractivity contribution in [2.75, 3.05) is 19.4 Å². The highest BCUT2D eigenvalue weighted by Gasteiger charge is 2.37. The molecule has 186 valence electrons. The largest absolute Gasteiger partial charge is 0.416 e. The van der Waals surface area contributed by atoms with Crippen LogP contribution < -0.4 is 10.6 Å². The summed E-state index contributed by atoms with van der Waals surface area (Å²) >= 11 is 5.34. The van der Waals surface area contributed by atoms with Gasteiger partial charge >= 0.3 is 12.4 Å². The first kappa shape index (κ1) is 26.5. The van der Waals surface area contributed by atoms with Gasteiger partial charge in [-0.15, -0.1) is 0 Å². The summed E-state index contributed by atoms with van der Waals surface area (Å²) in [6.45, 7) is 0. The Labute approximate surface area is 204 Å². The van der Waals surface area contributed by atoms with Gasteiger partial charge in [0.25, 0.3) is 0 Å². The quantitative estimate of drug-likeness (QED) is 0.274. The minimum atomic E-state index is -4.96. The number of halogens is 6. The Kier molecular flexibility index (Phi) is 8.07. The molecule has 0 aliphatic heterocycles. The van der Waals surface area contributed by atoms with E-state index < -0.39 is 35.2 Å². The SMILES string of the molecule is CN(C)[C@H](c1ccccc1)[C@H](NC(=S)Nc1cc(C(F)(F)F)cc(C(F)(F)F)c1)c1ccccc1. The zero-order valence-corrected chi connectivity index (χ0v) is 19.6. The topological polar surface area (TPSA) is 27.3 Å². The predicted octanol–water partition coefficient (Wildman–Crippen LogP) is 7.05. The molecule has 0 saturated carbocycles. The molecule has 3 nitrogen and oxygen atoms in total. The number of hydrogen-bond acceptors (Lipinski definition) is 2. The van der Waals surface area contributed by atoms with Gasteiger partial charge in [0.15, 0.2) is 5.11 Å². The summed E-state index contributed by atoms with van der Waals surface area (Å²) in [4.78, 5) is 1.95. The van der Waals surface area contributed by atoms with Crippen LogP contribution in [0.1, 0.15) is 34.3 Å². The maximum Gasteiger partial charge on any atom is 0.416 e. The molecule has 0 spiro atoms. The van der Waals surface area contributed by atoms with Gasteiger partial charge in [-0.2, -0.15) is 26.3 Å². The second-order valence-electron chi connectivity index (χ2n) is 8.10. The summed E-state index contributed by atoms with van der Waals surface area (Å²) in [6.07, 6.45) is -9.91. The number of nitrogens with one attached hydrogen (secondary N) is 2. The van der Waals surface area contributed by atoms with Gasteiger partial charge in [0.1, 0.15) is 0 Å². The van der Waals surface area contributed by atoms with Crippen LogP contribution in [0.5, 0.6) is 0 Å². The van der Waals surface area contributed by atoms with Crippen LogP contribution in [0.4, 0.5) is 32.0 Å². The molecule has 0 radical (unpaired) electrons. The van der Waals surface area contributed by atoms with Crippen molar-refractivity contribution < 1.29 is 26.3 Å². The molecule has 0 heterocycles. The number of alkyl halides is 6. The number of rotatable bonds is 6. The molecule has 0 saturated heterocycles. The third kappa shape index (κ3) is 6.95. The molecule has 10 heteroatoms. The van der Waals surface area contributed by atoms with E-state index in [2.05, 4.69) is 10.6 Å². The molecular formula is C25H23F6N3S. The van der Waals surface area contributed by atoms with E-state index in [9.17, 15) is 26.3 Å². The van der Waals surface area contributed by atoms with E-state index in [0.29, 0.717) is 12.1 Å². The van der Waals surface area contributed by atoms with E-state index in [1.807, 2.05) is 79.7 Å². The van der Waals surface area contributed by atoms with Crippen molar-refractivity contribution in [3.05, 3.63) is 101 Å². The Bertz CT molecular complexity index is 1100. The van der Waals surface area contributed by atoms with Crippen LogP contribution in [0.25, 0.3) is 0 Å². The van der Waals surface area contributed by atoms with E-state index in [1.54, 1.807) is 0 Å². The molecule has 35 heavy (non-hydrogen) atoms. The molecule has 3 aromatic rings. The minimum absolute atomic E-state index is 0.0753. The Morgan fingerprint density at radius 2 is 1.20 bits per heavy atom. The summed E-state index contributed by atoms with van der Waals surface area (Å²) in [6, 6.07) is 19.3. The average molecular weight is 512 g/mol. The lowest BCUT2D eigenvalue weighted by molar-refractivity contribution is -0.143. The van der Waals surface area contributed by atoms with Crippen molar-refractivity contribution in [2.24, 2.45) is 0 Å². The third-order valence-electron chi connectivity index (χ3n) is 5.30. The van der Waals surface area contributed by atoms with Crippen molar-refractivity contribution >= 4 is 23.0 Å². The maximum atomic E-state index is 13.2. The van der Waals surface area contributed by atoms with Crippen LogP contribution in [0.15, 0.2) is 78.9 Å². The summed E-state index contributed by atoms with van der Waals surface area (Å²) in [5.74, 6) is 0. The number of thiocarbonyl (C=S) groups is 1. The smallest absolute Gasteiger partial charge is 0.354 e. The first-order valence-electron chi connectivity index (χ1n) is 10.5. The highest BCUT2D eigenvalue weighted by molar-refractivity contribution is 7.80. The second-order valence-corrected chi connectivity index (χ2v) is 8.51. The molecule has 0 unspecified atom stereocenters. The Hall–Kier alpha value is -3.11. The molecule has 2 atom stereocenters. The molecule has 2 N–H and O–H groups in total. The normalized spacial score (nSPS) is 13.9. The molecule has 0 bridgehead atoms. The molecule has 3 rings (SSSR count). The summed E-state index contributed by atoms with van der Waals surface area (Å²) in [7, 11) is 3.74. The monoisotopic (exact) mass is 511 g/mol. The number of nitrogens with zero attached hydrogens (tertiary/aromatic N) is 1. The predicted molar refractivity (Wildman–Crippen MR) is 128 cm³/mol. The average Bonchev–Trinajstić information content (AvgIpc) is 2.78. The maximum absolute atomic E-state index is 13.2. The van der Waals surface area contributed by atoms with Crippen LogP contribution in [-0.2, 0) is 12.4 Å². The number of hydrogen-bond donors (Lipinski definition) is 2. The number of benzene rings is 3. The fourth-order valence-electron chi connectivity index (χ4n) is 3.78. The van der Waals surface area contributed by atoms with E-state index in [4.69, 9.17) is 12.2 Å². The Balaban J connectivity index is 1.96. The fourth-order valence-corrected chi connectivity index (χ4v) is 4.02. The van der Waals surface area contributed by atoms with E-state index >= 15 is 0 Å². The zero-order chi connectivity index (χ0) is 25.8. The first-order valence-corrected chi connectivity index (χ1v) is 10.9. The second kappa shape index (κ2) is 10.7. The van der Waals surface area contributed by atoms with Gasteiger partial charge in [0, 0.05) is 5.69 Å². The lowest BCUT2D eigenvalue weighted by Crippen LogP contribution is -2.40. The standard InChI is InChI=1S/C25H23F6N3S/c1-34(2)22(17-11-7-4-8-12-17)21(16-9-5-3-6-10-16)33-23(35)32-20-14-18(24(26,27)28)13-19(15-20)25(29,30)31/h3-15,21-22H,1-2H3,(H2,32,33,35)/t21-,22-/m1/s1. The Morgan fingerprint density at radius 3 is 1.63 bits per heavy atom. The van der Waals surface area contributed by atoms with Gasteiger partial charge in [-0.1, -0.05) is 60.7 Å². The van der Waals surface area contributed by atoms with Crippen molar-refractivity contribution in [2.45, 2.75) is 24.4 Å². The Morgan fingerprint density at radius 1 is 0.743 bits per heavy atom. The van der Waals surface area contributed by atoms with Gasteiger partial charge < -0.3 is 15.5 Å². The molecular weight excluding hydrogens is 488 g/mol. The van der Waals surface area contributed by atoms with Crippen LogP contribution in [0.3, 0.4) is 0 Å². The van der Waals surface area contributed by atoms with Gasteiger partial charge in [-0.3, -0.25) is 0 Å². The van der Waals surface area contributed by atoms with Gasteiger partial charge in [-0.25, -0.2) is 0 Å². The highest BCUT2D eigenvalue weighted by Crippen LogP contribution is 2.38. The van der Waals surface area contributed by atoms with Crippen LogP contribution in [-0.4, -0.2) is 24.1 Å². The molecule has 0 aliphatic carbocycles. The first-order chi connectivity index (χ1) is 16.4. The minimum Gasteiger partial charge on any atom is -0.354 e. The van der Waals surface area contributed by atoms with E-state index in [0.717, 1.165) is 11.1 Å². The number of anilines is 1. The fraction of sp³-hybridized carbons (Fsp3) is 0.240. The number of likely N-dealkylation sites (N-methyl/N-ethyl adjacent to an activating group) is 1. The molecule has 3 aromatic carbocycles. The summed E-state index contributed by atoms with van der Waals surface area (Å²) < 4.78 is 79.4. The van der Waals surface area contributed by atoms with E-state index in [1.165, 1.54) is 0 Å². The zero-order valence-electron chi connectivity index (χ0n) is 18.8. The van der Waals surface area contributed by atoms with Gasteiger partial charge in [0.2, 0.25) is 0 Å². The molecule has 0 aromatic heterocycles. The molecule has 0 aliphatic rings. The molecule has 0 amide bonds. The lowest BCUT2D eigenvalue weighted by atomic mass is 9.92. The van der Waals surface area contributed by atoms with Gasteiger partial charge in [0.05, 0.1) is 23.2 Å². The van der Waals surface area contributed by atoms with Crippen LogP contribution in [0.2, 0.25) is 0 Å². The highest BCUT2D eigenvalue weighted by atomic mass is 32.1. The van der Waals surface area contributed by atoms with Crippen molar-refractivity contribution in [1.29, 1.82) is 0 Å².